The Morgan fingerprint density at radius 1 is 1.07 bits per heavy atom. The fourth-order valence-electron chi connectivity index (χ4n) is 4.66. The first-order valence-electron chi connectivity index (χ1n) is 9.29. The molecule has 2 bridgehead atoms. The fourth-order valence-corrected chi connectivity index (χ4v) is 4.66. The van der Waals surface area contributed by atoms with E-state index in [4.69, 9.17) is 0 Å². The van der Waals surface area contributed by atoms with Crippen molar-refractivity contribution in [1.82, 2.24) is 15.3 Å². The first-order valence-corrected chi connectivity index (χ1v) is 9.29. The zero-order chi connectivity index (χ0) is 19.0. The topological polar surface area (TPSA) is 58.0 Å². The third kappa shape index (κ3) is 3.71. The van der Waals surface area contributed by atoms with E-state index in [1.807, 2.05) is 6.07 Å². The number of benzene rings is 1. The number of hydrogen-bond donors (Lipinski definition) is 2. The number of nitrogens with one attached hydrogen (secondary N) is 1. The second kappa shape index (κ2) is 7.20. The number of aromatic nitrogens is 2. The number of nitrogens with zero attached hydrogens (tertiary/aromatic N) is 2. The second-order valence-electron chi connectivity index (χ2n) is 7.53. The Labute approximate surface area is 155 Å². The number of alkyl halides is 3. The Kier molecular flexibility index (Phi) is 4.90. The normalized spacial score (nSPS) is 27.3. The van der Waals surface area contributed by atoms with Crippen LogP contribution in [-0.4, -0.2) is 27.7 Å². The van der Waals surface area contributed by atoms with Crippen LogP contribution < -0.4 is 5.32 Å². The summed E-state index contributed by atoms with van der Waals surface area (Å²) in [6, 6.07) is 7.00. The lowest BCUT2D eigenvalue weighted by atomic mass is 9.85. The highest BCUT2D eigenvalue weighted by atomic mass is 19.4. The highest BCUT2D eigenvalue weighted by molar-refractivity contribution is 5.55. The molecule has 2 saturated carbocycles. The zero-order valence-corrected chi connectivity index (χ0v) is 14.8. The van der Waals surface area contributed by atoms with E-state index in [-0.39, 0.29) is 6.61 Å². The molecule has 2 fully saturated rings. The van der Waals surface area contributed by atoms with Crippen LogP contribution in [0.3, 0.4) is 0 Å². The summed E-state index contributed by atoms with van der Waals surface area (Å²) in [4.78, 5) is 8.68. The van der Waals surface area contributed by atoms with Gasteiger partial charge in [-0.2, -0.15) is 13.2 Å². The van der Waals surface area contributed by atoms with E-state index in [2.05, 4.69) is 15.3 Å². The SMILES string of the molecule is OCC1C2CCC(C2)[C@@H]1NCc1ccnc(-c2ccc(C(F)(F)F)cc2)n1. The van der Waals surface area contributed by atoms with Crippen LogP contribution >= 0.6 is 0 Å². The minimum atomic E-state index is -4.35. The molecule has 2 N–H and O–H groups in total. The molecule has 0 saturated heterocycles. The van der Waals surface area contributed by atoms with Gasteiger partial charge in [0.15, 0.2) is 5.82 Å². The van der Waals surface area contributed by atoms with Crippen molar-refractivity contribution >= 4 is 0 Å². The van der Waals surface area contributed by atoms with E-state index in [1.165, 1.54) is 31.4 Å². The molecular formula is C20H22F3N3O. The quantitative estimate of drug-likeness (QED) is 0.835. The van der Waals surface area contributed by atoms with Crippen LogP contribution in [0.25, 0.3) is 11.4 Å². The third-order valence-corrected chi connectivity index (χ3v) is 6.00. The fraction of sp³-hybridized carbons (Fsp3) is 0.500. The van der Waals surface area contributed by atoms with Gasteiger partial charge in [0.05, 0.1) is 11.3 Å². The van der Waals surface area contributed by atoms with Gasteiger partial charge in [0.2, 0.25) is 0 Å². The summed E-state index contributed by atoms with van der Waals surface area (Å²) >= 11 is 0. The van der Waals surface area contributed by atoms with Gasteiger partial charge in [0.25, 0.3) is 0 Å². The summed E-state index contributed by atoms with van der Waals surface area (Å²) in [5.74, 6) is 1.95. The molecule has 144 valence electrons. The largest absolute Gasteiger partial charge is 0.416 e. The molecule has 1 aromatic heterocycles. The van der Waals surface area contributed by atoms with Crippen molar-refractivity contribution in [3.8, 4) is 11.4 Å². The van der Waals surface area contributed by atoms with Crippen LogP contribution in [0, 0.1) is 17.8 Å². The van der Waals surface area contributed by atoms with Gasteiger partial charge < -0.3 is 10.4 Å². The highest BCUT2D eigenvalue weighted by Gasteiger charge is 2.46. The lowest BCUT2D eigenvalue weighted by Gasteiger charge is -2.30. The molecule has 3 unspecified atom stereocenters. The Morgan fingerprint density at radius 3 is 2.52 bits per heavy atom. The van der Waals surface area contributed by atoms with E-state index in [1.54, 1.807) is 6.20 Å². The van der Waals surface area contributed by atoms with Crippen molar-refractivity contribution in [2.45, 2.75) is 38.0 Å². The van der Waals surface area contributed by atoms with Crippen molar-refractivity contribution in [3.05, 3.63) is 47.8 Å². The first-order chi connectivity index (χ1) is 13.0. The molecule has 0 amide bonds. The van der Waals surface area contributed by atoms with Crippen LogP contribution in [0.2, 0.25) is 0 Å². The van der Waals surface area contributed by atoms with E-state index < -0.39 is 11.7 Å². The maximum absolute atomic E-state index is 12.7. The van der Waals surface area contributed by atoms with Crippen LogP contribution in [0.1, 0.15) is 30.5 Å². The van der Waals surface area contributed by atoms with Crippen molar-refractivity contribution in [3.63, 3.8) is 0 Å². The highest BCUT2D eigenvalue weighted by Crippen LogP contribution is 2.48. The van der Waals surface area contributed by atoms with Gasteiger partial charge in [-0.3, -0.25) is 0 Å². The Morgan fingerprint density at radius 2 is 1.81 bits per heavy atom. The monoisotopic (exact) mass is 377 g/mol. The molecule has 2 aliphatic rings. The summed E-state index contributed by atoms with van der Waals surface area (Å²) < 4.78 is 38.1. The van der Waals surface area contributed by atoms with Crippen molar-refractivity contribution in [2.24, 2.45) is 17.8 Å². The molecular weight excluding hydrogens is 355 g/mol. The molecule has 1 heterocycles. The molecule has 27 heavy (non-hydrogen) atoms. The van der Waals surface area contributed by atoms with Crippen molar-refractivity contribution < 1.29 is 18.3 Å². The van der Waals surface area contributed by atoms with Crippen molar-refractivity contribution in [1.29, 1.82) is 0 Å². The van der Waals surface area contributed by atoms with Crippen LogP contribution in [0.4, 0.5) is 13.2 Å². The summed E-state index contributed by atoms with van der Waals surface area (Å²) in [6.07, 6.45) is 0.874. The smallest absolute Gasteiger partial charge is 0.396 e. The van der Waals surface area contributed by atoms with Crippen LogP contribution in [0.5, 0.6) is 0 Å². The maximum atomic E-state index is 12.7. The number of aliphatic hydroxyl groups excluding tert-OH is 1. The number of aliphatic hydroxyl groups is 1. The lowest BCUT2D eigenvalue weighted by molar-refractivity contribution is -0.137. The van der Waals surface area contributed by atoms with Gasteiger partial charge in [0.1, 0.15) is 0 Å². The second-order valence-corrected chi connectivity index (χ2v) is 7.53. The lowest BCUT2D eigenvalue weighted by Crippen LogP contribution is -2.42. The molecule has 7 heteroatoms. The third-order valence-electron chi connectivity index (χ3n) is 6.00. The summed E-state index contributed by atoms with van der Waals surface area (Å²) in [7, 11) is 0. The molecule has 0 aliphatic heterocycles. The van der Waals surface area contributed by atoms with Gasteiger partial charge in [-0.25, -0.2) is 9.97 Å². The van der Waals surface area contributed by atoms with E-state index >= 15 is 0 Å². The molecule has 4 atom stereocenters. The van der Waals surface area contributed by atoms with E-state index in [9.17, 15) is 18.3 Å². The van der Waals surface area contributed by atoms with Gasteiger partial charge in [0, 0.05) is 36.9 Å². The van der Waals surface area contributed by atoms with Gasteiger partial charge in [-0.15, -0.1) is 0 Å². The van der Waals surface area contributed by atoms with Crippen LogP contribution in [0.15, 0.2) is 36.5 Å². The first kappa shape index (κ1) is 18.4. The van der Waals surface area contributed by atoms with Crippen LogP contribution in [-0.2, 0) is 12.7 Å². The summed E-state index contributed by atoms with van der Waals surface area (Å²) in [5.41, 5.74) is 0.660. The molecule has 2 aliphatic carbocycles. The minimum absolute atomic E-state index is 0.208. The Hall–Kier alpha value is -1.99. The number of hydrogen-bond acceptors (Lipinski definition) is 4. The molecule has 2 aromatic rings. The summed E-state index contributed by atoms with van der Waals surface area (Å²) in [5, 5.41) is 13.2. The molecule has 4 rings (SSSR count). The van der Waals surface area contributed by atoms with E-state index in [0.717, 1.165) is 17.8 Å². The standard InChI is InChI=1S/C20H22F3N3O/c21-20(22,23)15-5-3-12(4-6-15)19-24-8-7-16(26-19)10-25-18-14-2-1-13(9-14)17(18)11-27/h3-8,13-14,17-18,25,27H,1-2,9-11H2/t13?,14?,17?,18-/m0/s1. The van der Waals surface area contributed by atoms with Crippen molar-refractivity contribution in [2.75, 3.05) is 6.61 Å². The average Bonchev–Trinajstić information content (AvgIpc) is 3.27. The Bertz CT molecular complexity index is 794. The number of fused-ring (bicyclic) bond motifs is 2. The predicted octanol–water partition coefficient (Wildman–Crippen LogP) is 3.66. The Balaban J connectivity index is 1.45. The van der Waals surface area contributed by atoms with Gasteiger partial charge in [-0.1, -0.05) is 12.1 Å². The number of rotatable bonds is 5. The summed E-state index contributed by atoms with van der Waals surface area (Å²) in [6.45, 7) is 0.764. The maximum Gasteiger partial charge on any atom is 0.416 e. The molecule has 1 aromatic carbocycles. The predicted molar refractivity (Wildman–Crippen MR) is 94.5 cm³/mol. The van der Waals surface area contributed by atoms with Gasteiger partial charge in [-0.05, 0) is 49.3 Å². The van der Waals surface area contributed by atoms with E-state index in [0.29, 0.717) is 41.7 Å². The molecule has 0 radical (unpaired) electrons. The molecule has 4 nitrogen and oxygen atoms in total. The molecule has 0 spiro atoms. The average molecular weight is 377 g/mol. The number of halogens is 3. The minimum Gasteiger partial charge on any atom is -0.396 e. The van der Waals surface area contributed by atoms with Gasteiger partial charge >= 0.3 is 6.18 Å². The zero-order valence-electron chi connectivity index (χ0n) is 14.8.